The summed E-state index contributed by atoms with van der Waals surface area (Å²) in [4.78, 5) is 39.7. The van der Waals surface area contributed by atoms with E-state index in [1.165, 1.54) is 4.90 Å². The van der Waals surface area contributed by atoms with Gasteiger partial charge in [0.1, 0.15) is 12.2 Å². The Bertz CT molecular complexity index is 767. The Hall–Kier alpha value is -2.77. The van der Waals surface area contributed by atoms with Crippen LogP contribution in [0.15, 0.2) is 30.3 Å². The van der Waals surface area contributed by atoms with Crippen LogP contribution in [-0.4, -0.2) is 63.8 Å². The van der Waals surface area contributed by atoms with Crippen LogP contribution in [0.4, 0.5) is 9.59 Å². The molecule has 0 aromatic heterocycles. The van der Waals surface area contributed by atoms with Gasteiger partial charge in [0.2, 0.25) is 0 Å². The van der Waals surface area contributed by atoms with Crippen LogP contribution in [0.5, 0.6) is 0 Å². The Balaban J connectivity index is 1.68. The molecule has 1 aromatic rings. The van der Waals surface area contributed by atoms with E-state index in [4.69, 9.17) is 9.47 Å². The Morgan fingerprint density at radius 3 is 2.38 bits per heavy atom. The minimum absolute atomic E-state index is 0.0745. The number of carbonyl (C=O) groups excluding carboxylic acids is 2. The predicted molar refractivity (Wildman–Crippen MR) is 104 cm³/mol. The molecule has 2 saturated heterocycles. The fourth-order valence-corrected chi connectivity index (χ4v) is 3.80. The number of rotatable bonds is 3. The molecule has 158 valence electrons. The van der Waals surface area contributed by atoms with Gasteiger partial charge in [-0.2, -0.15) is 0 Å². The Morgan fingerprint density at radius 1 is 1.14 bits per heavy atom. The molecule has 2 aliphatic heterocycles. The van der Waals surface area contributed by atoms with Crippen LogP contribution >= 0.6 is 0 Å². The number of carbonyl (C=O) groups is 3. The third kappa shape index (κ3) is 4.81. The average molecular weight is 404 g/mol. The van der Waals surface area contributed by atoms with E-state index in [1.807, 2.05) is 30.3 Å². The maximum Gasteiger partial charge on any atom is 0.410 e. The number of carboxylic acids is 1. The lowest BCUT2D eigenvalue weighted by atomic mass is 9.77. The molecule has 1 spiro atoms. The van der Waals surface area contributed by atoms with Crippen LogP contribution in [0.3, 0.4) is 0 Å². The largest absolute Gasteiger partial charge is 0.481 e. The third-order valence-corrected chi connectivity index (χ3v) is 5.33. The molecule has 8 heteroatoms. The van der Waals surface area contributed by atoms with Gasteiger partial charge in [-0.15, -0.1) is 0 Å². The monoisotopic (exact) mass is 404 g/mol. The lowest BCUT2D eigenvalue weighted by molar-refractivity contribution is -0.148. The molecule has 29 heavy (non-hydrogen) atoms. The smallest absolute Gasteiger partial charge is 0.410 e. The molecular weight excluding hydrogens is 376 g/mol. The van der Waals surface area contributed by atoms with E-state index in [0.717, 1.165) is 5.56 Å². The second kappa shape index (κ2) is 7.93. The maximum atomic E-state index is 12.8. The van der Waals surface area contributed by atoms with Crippen LogP contribution in [0, 0.1) is 5.92 Å². The van der Waals surface area contributed by atoms with Crippen LogP contribution in [0.25, 0.3) is 0 Å². The summed E-state index contributed by atoms with van der Waals surface area (Å²) in [6.45, 7) is 6.21. The molecule has 0 aliphatic carbocycles. The second-order valence-corrected chi connectivity index (χ2v) is 8.79. The maximum absolute atomic E-state index is 12.8. The molecule has 8 nitrogen and oxygen atoms in total. The summed E-state index contributed by atoms with van der Waals surface area (Å²) >= 11 is 0. The van der Waals surface area contributed by atoms with E-state index in [-0.39, 0.29) is 13.2 Å². The van der Waals surface area contributed by atoms with Gasteiger partial charge in [-0.05, 0) is 39.2 Å². The van der Waals surface area contributed by atoms with Crippen molar-refractivity contribution in [2.24, 2.45) is 5.92 Å². The standard InChI is InChI=1S/C21H28N2O6/c1-20(2,3)29-18(26)22-13-21(14-22)10-9-16(17(24)25)11-23(21)19(27)28-12-15-7-5-4-6-8-15/h4-8,16H,9-14H2,1-3H3,(H,24,25). The van der Waals surface area contributed by atoms with Gasteiger partial charge < -0.3 is 19.5 Å². The van der Waals surface area contributed by atoms with Crippen LogP contribution in [-0.2, 0) is 20.9 Å². The molecule has 0 saturated carbocycles. The fourth-order valence-electron chi connectivity index (χ4n) is 3.80. The summed E-state index contributed by atoms with van der Waals surface area (Å²) in [7, 11) is 0. The first-order valence-corrected chi connectivity index (χ1v) is 9.79. The van der Waals surface area contributed by atoms with Gasteiger partial charge in [0.25, 0.3) is 0 Å². The van der Waals surface area contributed by atoms with E-state index < -0.39 is 35.2 Å². The summed E-state index contributed by atoms with van der Waals surface area (Å²) in [5.41, 5.74) is -0.350. The first-order valence-electron chi connectivity index (χ1n) is 9.79. The zero-order valence-corrected chi connectivity index (χ0v) is 17.1. The van der Waals surface area contributed by atoms with Gasteiger partial charge >= 0.3 is 18.2 Å². The van der Waals surface area contributed by atoms with Gasteiger partial charge in [-0.1, -0.05) is 30.3 Å². The predicted octanol–water partition coefficient (Wildman–Crippen LogP) is 3.11. The summed E-state index contributed by atoms with van der Waals surface area (Å²) < 4.78 is 10.9. The van der Waals surface area contributed by atoms with Crippen molar-refractivity contribution in [3.63, 3.8) is 0 Å². The molecule has 1 unspecified atom stereocenters. The molecule has 0 bridgehead atoms. The van der Waals surface area contributed by atoms with Crippen molar-refractivity contribution in [2.75, 3.05) is 19.6 Å². The Morgan fingerprint density at radius 2 is 1.79 bits per heavy atom. The number of piperidine rings is 1. The average Bonchev–Trinajstić information content (AvgIpc) is 2.63. The van der Waals surface area contributed by atoms with Gasteiger partial charge in [0.05, 0.1) is 11.5 Å². The van der Waals surface area contributed by atoms with Crippen molar-refractivity contribution in [2.45, 2.75) is 51.4 Å². The quantitative estimate of drug-likeness (QED) is 0.832. The number of aliphatic carboxylic acids is 1. The van der Waals surface area contributed by atoms with Crippen molar-refractivity contribution in [3.8, 4) is 0 Å². The van der Waals surface area contributed by atoms with E-state index >= 15 is 0 Å². The van der Waals surface area contributed by atoms with Crippen molar-refractivity contribution in [1.29, 1.82) is 0 Å². The van der Waals surface area contributed by atoms with Crippen LogP contribution in [0.2, 0.25) is 0 Å². The summed E-state index contributed by atoms with van der Waals surface area (Å²) in [6.07, 6.45) is -0.0198. The molecular formula is C21H28N2O6. The molecule has 2 fully saturated rings. The van der Waals surface area contributed by atoms with Crippen molar-refractivity contribution >= 4 is 18.2 Å². The fraction of sp³-hybridized carbons (Fsp3) is 0.571. The van der Waals surface area contributed by atoms with Crippen molar-refractivity contribution < 1.29 is 29.0 Å². The highest BCUT2D eigenvalue weighted by molar-refractivity contribution is 5.75. The number of amides is 2. The highest BCUT2D eigenvalue weighted by atomic mass is 16.6. The number of hydrogen-bond donors (Lipinski definition) is 1. The third-order valence-electron chi connectivity index (χ3n) is 5.33. The number of likely N-dealkylation sites (tertiary alicyclic amines) is 2. The van der Waals surface area contributed by atoms with Crippen LogP contribution < -0.4 is 0 Å². The van der Waals surface area contributed by atoms with Gasteiger partial charge in [0.15, 0.2) is 0 Å². The van der Waals surface area contributed by atoms with Gasteiger partial charge in [0, 0.05) is 19.6 Å². The van der Waals surface area contributed by atoms with Crippen molar-refractivity contribution in [3.05, 3.63) is 35.9 Å². The molecule has 2 amide bonds. The molecule has 1 N–H and O–H groups in total. The first kappa shape index (κ1) is 21.0. The van der Waals surface area contributed by atoms with E-state index in [1.54, 1.807) is 25.7 Å². The highest BCUT2D eigenvalue weighted by Crippen LogP contribution is 2.39. The second-order valence-electron chi connectivity index (χ2n) is 8.79. The number of hydrogen-bond acceptors (Lipinski definition) is 5. The van der Waals surface area contributed by atoms with Gasteiger partial charge in [-0.3, -0.25) is 9.69 Å². The normalized spacial score (nSPS) is 20.7. The van der Waals surface area contributed by atoms with Crippen LogP contribution in [0.1, 0.15) is 39.2 Å². The lowest BCUT2D eigenvalue weighted by Crippen LogP contribution is -2.74. The molecule has 0 radical (unpaired) electrons. The number of benzene rings is 1. The zero-order chi connectivity index (χ0) is 21.2. The number of nitrogens with zero attached hydrogens (tertiary/aromatic N) is 2. The Kier molecular flexibility index (Phi) is 5.73. The molecule has 1 aromatic carbocycles. The van der Waals surface area contributed by atoms with E-state index in [2.05, 4.69) is 0 Å². The zero-order valence-electron chi connectivity index (χ0n) is 17.1. The Labute approximate surface area is 170 Å². The van der Waals surface area contributed by atoms with Crippen molar-refractivity contribution in [1.82, 2.24) is 9.80 Å². The summed E-state index contributed by atoms with van der Waals surface area (Å²) in [6, 6.07) is 9.30. The van der Waals surface area contributed by atoms with E-state index in [0.29, 0.717) is 25.9 Å². The summed E-state index contributed by atoms with van der Waals surface area (Å²) in [5, 5.41) is 9.41. The minimum Gasteiger partial charge on any atom is -0.481 e. The molecule has 2 heterocycles. The molecule has 2 aliphatic rings. The summed E-state index contributed by atoms with van der Waals surface area (Å²) in [5.74, 6) is -1.57. The lowest BCUT2D eigenvalue weighted by Gasteiger charge is -2.57. The van der Waals surface area contributed by atoms with E-state index in [9.17, 15) is 19.5 Å². The minimum atomic E-state index is -0.927. The topological polar surface area (TPSA) is 96.4 Å². The molecule has 3 rings (SSSR count). The highest BCUT2D eigenvalue weighted by Gasteiger charge is 2.55. The first-order chi connectivity index (χ1) is 13.6. The molecule has 1 atom stereocenters. The number of ether oxygens (including phenoxy) is 2. The number of carboxylic acid groups (broad SMARTS) is 1. The van der Waals surface area contributed by atoms with Gasteiger partial charge in [-0.25, -0.2) is 9.59 Å². The SMILES string of the molecule is CC(C)(C)OC(=O)N1CC2(CCC(C(=O)O)CN2C(=O)OCc2ccccc2)C1.